The van der Waals surface area contributed by atoms with Crippen molar-refractivity contribution in [3.8, 4) is 5.75 Å². The van der Waals surface area contributed by atoms with Gasteiger partial charge in [0.25, 0.3) is 0 Å². The Morgan fingerprint density at radius 2 is 1.52 bits per heavy atom. The summed E-state index contributed by atoms with van der Waals surface area (Å²) < 4.78 is 15.1. The largest absolute Gasteiger partial charge is 0.462 e. The van der Waals surface area contributed by atoms with Crippen molar-refractivity contribution in [2.75, 3.05) is 13.2 Å². The minimum absolute atomic E-state index is 0.0222. The first-order valence-electron chi connectivity index (χ1n) is 8.70. The van der Waals surface area contributed by atoms with Gasteiger partial charge in [0.15, 0.2) is 0 Å². The Kier molecular flexibility index (Phi) is 8.03. The molecule has 0 heterocycles. The maximum atomic E-state index is 12.1. The van der Waals surface area contributed by atoms with Crippen LogP contribution in [0.1, 0.15) is 35.7 Å². The molecule has 142 valence electrons. The summed E-state index contributed by atoms with van der Waals surface area (Å²) in [7, 11) is 0. The number of hydrogen-bond donors (Lipinski definition) is 0. The summed E-state index contributed by atoms with van der Waals surface area (Å²) in [5.41, 5.74) is 1.31. The van der Waals surface area contributed by atoms with Gasteiger partial charge < -0.3 is 14.2 Å². The molecule has 0 aliphatic carbocycles. The molecule has 0 amide bonds. The van der Waals surface area contributed by atoms with Crippen LogP contribution in [0.3, 0.4) is 0 Å². The Morgan fingerprint density at radius 3 is 2.26 bits per heavy atom. The third-order valence-corrected chi connectivity index (χ3v) is 3.63. The SMILES string of the molecule is CC(=O)Oc1ccccc1C(=O)OCCOC(=O)CCCc1ccccc1. The van der Waals surface area contributed by atoms with Gasteiger partial charge in [0.2, 0.25) is 0 Å². The third-order valence-electron chi connectivity index (χ3n) is 3.63. The van der Waals surface area contributed by atoms with Gasteiger partial charge in [-0.05, 0) is 30.5 Å². The number of aryl methyl sites for hydroxylation is 1. The average molecular weight is 370 g/mol. The fourth-order valence-corrected chi connectivity index (χ4v) is 2.40. The molecular formula is C21H22O6. The van der Waals surface area contributed by atoms with E-state index in [2.05, 4.69) is 0 Å². The average Bonchev–Trinajstić information content (AvgIpc) is 2.66. The van der Waals surface area contributed by atoms with Crippen LogP contribution in [0, 0.1) is 0 Å². The van der Waals surface area contributed by atoms with Crippen molar-refractivity contribution < 1.29 is 28.6 Å². The molecule has 0 N–H and O–H groups in total. The lowest BCUT2D eigenvalue weighted by molar-refractivity contribution is -0.144. The Balaban J connectivity index is 1.66. The van der Waals surface area contributed by atoms with Gasteiger partial charge in [-0.1, -0.05) is 42.5 Å². The van der Waals surface area contributed by atoms with Gasteiger partial charge in [0.1, 0.15) is 24.5 Å². The lowest BCUT2D eigenvalue weighted by Crippen LogP contribution is -2.15. The predicted octanol–water partition coefficient (Wildman–Crippen LogP) is 3.33. The van der Waals surface area contributed by atoms with Gasteiger partial charge in [-0.25, -0.2) is 4.79 Å². The summed E-state index contributed by atoms with van der Waals surface area (Å²) in [6.45, 7) is 1.16. The van der Waals surface area contributed by atoms with E-state index < -0.39 is 11.9 Å². The molecule has 27 heavy (non-hydrogen) atoms. The Hall–Kier alpha value is -3.15. The van der Waals surface area contributed by atoms with Gasteiger partial charge >= 0.3 is 17.9 Å². The van der Waals surface area contributed by atoms with Crippen LogP contribution < -0.4 is 4.74 Å². The van der Waals surface area contributed by atoms with Crippen LogP contribution in [0.25, 0.3) is 0 Å². The highest BCUT2D eigenvalue weighted by molar-refractivity contribution is 5.93. The number of carbonyl (C=O) groups excluding carboxylic acids is 3. The number of hydrogen-bond acceptors (Lipinski definition) is 6. The minimum atomic E-state index is -0.646. The number of rotatable bonds is 9. The summed E-state index contributed by atoms with van der Waals surface area (Å²) in [5.74, 6) is -1.37. The van der Waals surface area contributed by atoms with E-state index in [1.165, 1.54) is 24.6 Å². The van der Waals surface area contributed by atoms with Gasteiger partial charge in [0.05, 0.1) is 0 Å². The third kappa shape index (κ3) is 7.32. The van der Waals surface area contributed by atoms with Crippen molar-refractivity contribution in [1.82, 2.24) is 0 Å². The molecule has 0 unspecified atom stereocenters. The number of ether oxygens (including phenoxy) is 3. The van der Waals surface area contributed by atoms with E-state index in [-0.39, 0.29) is 30.5 Å². The first kappa shape index (κ1) is 20.2. The second-order valence-electron chi connectivity index (χ2n) is 5.79. The highest BCUT2D eigenvalue weighted by atomic mass is 16.6. The zero-order chi connectivity index (χ0) is 19.5. The summed E-state index contributed by atoms with van der Waals surface area (Å²) in [6, 6.07) is 16.2. The quantitative estimate of drug-likeness (QED) is 0.383. The molecule has 2 aromatic rings. The lowest BCUT2D eigenvalue weighted by atomic mass is 10.1. The molecule has 0 fully saturated rings. The maximum absolute atomic E-state index is 12.1. The second-order valence-corrected chi connectivity index (χ2v) is 5.79. The number of carbonyl (C=O) groups is 3. The molecule has 0 radical (unpaired) electrons. The van der Waals surface area contributed by atoms with Crippen LogP contribution in [0.15, 0.2) is 54.6 Å². The van der Waals surface area contributed by atoms with E-state index in [9.17, 15) is 14.4 Å². The van der Waals surface area contributed by atoms with Gasteiger partial charge in [-0.2, -0.15) is 0 Å². The van der Waals surface area contributed by atoms with E-state index in [0.29, 0.717) is 12.8 Å². The van der Waals surface area contributed by atoms with Crippen LogP contribution >= 0.6 is 0 Å². The summed E-state index contributed by atoms with van der Waals surface area (Å²) in [5, 5.41) is 0. The molecule has 0 atom stereocenters. The molecule has 2 aromatic carbocycles. The van der Waals surface area contributed by atoms with Crippen LogP contribution in [-0.4, -0.2) is 31.1 Å². The van der Waals surface area contributed by atoms with Gasteiger partial charge in [-0.3, -0.25) is 9.59 Å². The van der Waals surface area contributed by atoms with E-state index >= 15 is 0 Å². The second kappa shape index (κ2) is 10.8. The van der Waals surface area contributed by atoms with Crippen molar-refractivity contribution in [3.63, 3.8) is 0 Å². The molecule has 0 saturated carbocycles. The number of para-hydroxylation sites is 1. The van der Waals surface area contributed by atoms with Crippen molar-refractivity contribution >= 4 is 17.9 Å². The molecule has 6 nitrogen and oxygen atoms in total. The maximum Gasteiger partial charge on any atom is 0.342 e. The molecule has 0 spiro atoms. The Bertz CT molecular complexity index is 769. The molecule has 0 aliphatic heterocycles. The molecule has 0 aliphatic rings. The normalized spacial score (nSPS) is 10.1. The summed E-state index contributed by atoms with van der Waals surface area (Å²) in [6.07, 6.45) is 1.80. The van der Waals surface area contributed by atoms with Gasteiger partial charge in [-0.15, -0.1) is 0 Å². The van der Waals surface area contributed by atoms with Crippen LogP contribution in [0.5, 0.6) is 5.75 Å². The molecule has 0 saturated heterocycles. The van der Waals surface area contributed by atoms with Crippen molar-refractivity contribution in [3.05, 3.63) is 65.7 Å². The topological polar surface area (TPSA) is 78.9 Å². The fraction of sp³-hybridized carbons (Fsp3) is 0.286. The van der Waals surface area contributed by atoms with Crippen LogP contribution in [-0.2, 0) is 25.5 Å². The molecule has 6 heteroatoms. The lowest BCUT2D eigenvalue weighted by Gasteiger charge is -2.09. The van der Waals surface area contributed by atoms with Crippen molar-refractivity contribution in [2.45, 2.75) is 26.2 Å². The monoisotopic (exact) mass is 370 g/mol. The number of benzene rings is 2. The predicted molar refractivity (Wildman–Crippen MR) is 98.4 cm³/mol. The van der Waals surface area contributed by atoms with Crippen molar-refractivity contribution in [2.24, 2.45) is 0 Å². The molecule has 0 bridgehead atoms. The van der Waals surface area contributed by atoms with Crippen LogP contribution in [0.2, 0.25) is 0 Å². The van der Waals surface area contributed by atoms with E-state index in [0.717, 1.165) is 6.42 Å². The van der Waals surface area contributed by atoms with E-state index in [4.69, 9.17) is 14.2 Å². The highest BCUT2D eigenvalue weighted by Gasteiger charge is 2.15. The molecular weight excluding hydrogens is 348 g/mol. The zero-order valence-corrected chi connectivity index (χ0v) is 15.2. The Labute approximate surface area is 158 Å². The minimum Gasteiger partial charge on any atom is -0.462 e. The standard InChI is InChI=1S/C21H22O6/c1-16(22)27-19-12-6-5-11-18(19)21(24)26-15-14-25-20(23)13-7-10-17-8-3-2-4-9-17/h2-6,8-9,11-12H,7,10,13-15H2,1H3. The first-order chi connectivity index (χ1) is 13.1. The van der Waals surface area contributed by atoms with E-state index in [1.54, 1.807) is 12.1 Å². The molecule has 0 aromatic heterocycles. The zero-order valence-electron chi connectivity index (χ0n) is 15.2. The van der Waals surface area contributed by atoms with E-state index in [1.807, 2.05) is 30.3 Å². The first-order valence-corrected chi connectivity index (χ1v) is 8.70. The fourth-order valence-electron chi connectivity index (χ4n) is 2.40. The smallest absolute Gasteiger partial charge is 0.342 e. The Morgan fingerprint density at radius 1 is 0.852 bits per heavy atom. The number of esters is 3. The summed E-state index contributed by atoms with van der Waals surface area (Å²) >= 11 is 0. The van der Waals surface area contributed by atoms with Crippen LogP contribution in [0.4, 0.5) is 0 Å². The highest BCUT2D eigenvalue weighted by Crippen LogP contribution is 2.19. The van der Waals surface area contributed by atoms with Crippen molar-refractivity contribution in [1.29, 1.82) is 0 Å². The van der Waals surface area contributed by atoms with Gasteiger partial charge in [0, 0.05) is 13.3 Å². The molecule has 2 rings (SSSR count). The summed E-state index contributed by atoms with van der Waals surface area (Å²) in [4.78, 5) is 34.8.